The first-order chi connectivity index (χ1) is 16.4. The predicted octanol–water partition coefficient (Wildman–Crippen LogP) is 7.84. The maximum Gasteiger partial charge on any atom is 0.432 e. The summed E-state index contributed by atoms with van der Waals surface area (Å²) < 4.78 is 120. The van der Waals surface area contributed by atoms with E-state index in [-0.39, 0.29) is 6.07 Å². The average Bonchev–Trinajstić information content (AvgIpc) is 2.75. The zero-order valence-electron chi connectivity index (χ0n) is 18.4. The van der Waals surface area contributed by atoms with Crippen molar-refractivity contribution in [3.05, 3.63) is 87.5 Å². The molecule has 0 aliphatic heterocycles. The lowest BCUT2D eigenvalue weighted by molar-refractivity contribution is -0.190. The third kappa shape index (κ3) is 5.09. The first kappa shape index (κ1) is 26.0. The number of hydrogen-bond acceptors (Lipinski definition) is 2. The Labute approximate surface area is 195 Å². The molecule has 0 aliphatic carbocycles. The Morgan fingerprint density at radius 1 is 0.857 bits per heavy atom. The van der Waals surface area contributed by atoms with E-state index in [1.165, 1.54) is 6.07 Å². The van der Waals surface area contributed by atoms with Gasteiger partial charge in [0.2, 0.25) is 0 Å². The Morgan fingerprint density at radius 2 is 1.43 bits per heavy atom. The molecule has 0 bridgehead atoms. The zero-order valence-corrected chi connectivity index (χ0v) is 18.4. The van der Waals surface area contributed by atoms with Crippen molar-refractivity contribution in [3.63, 3.8) is 0 Å². The van der Waals surface area contributed by atoms with Crippen LogP contribution in [0.3, 0.4) is 0 Å². The van der Waals surface area contributed by atoms with Gasteiger partial charge in [0.25, 0.3) is 0 Å². The van der Waals surface area contributed by atoms with Gasteiger partial charge in [-0.3, -0.25) is 0 Å². The topological polar surface area (TPSA) is 33.0 Å². The molecular weight excluding hydrogens is 482 g/mol. The minimum absolute atomic E-state index is 0.278. The lowest BCUT2D eigenvalue weighted by Gasteiger charge is -2.21. The molecule has 3 rings (SSSR count). The minimum atomic E-state index is -4.79. The van der Waals surface area contributed by atoms with Crippen molar-refractivity contribution in [2.24, 2.45) is 0 Å². The molecule has 3 aromatic rings. The van der Waals surface area contributed by atoms with Crippen molar-refractivity contribution in [3.8, 4) is 22.9 Å². The Balaban J connectivity index is 2.03. The number of ether oxygens (including phenoxy) is 1. The van der Waals surface area contributed by atoms with Crippen LogP contribution in [0.25, 0.3) is 11.1 Å². The lowest BCUT2D eigenvalue weighted by atomic mass is 9.98. The summed E-state index contributed by atoms with van der Waals surface area (Å²) in [5.41, 5.74) is -4.86. The van der Waals surface area contributed by atoms with Crippen LogP contribution < -0.4 is 4.74 Å². The highest BCUT2D eigenvalue weighted by molar-refractivity contribution is 5.66. The summed E-state index contributed by atoms with van der Waals surface area (Å²) in [6.45, 7) is 2.77. The van der Waals surface area contributed by atoms with Crippen molar-refractivity contribution >= 4 is 0 Å². The molecule has 0 unspecified atom stereocenters. The van der Waals surface area contributed by atoms with Gasteiger partial charge in [0.05, 0.1) is 5.56 Å². The molecule has 0 heterocycles. The maximum absolute atomic E-state index is 14.7. The number of unbranched alkanes of at least 4 members (excludes halogenated alkanes) is 1. The fraction of sp³-hybridized carbons (Fsp3) is 0.240. The second-order valence-electron chi connectivity index (χ2n) is 7.75. The number of nitrogens with zero attached hydrogens (tertiary/aromatic N) is 1. The maximum atomic E-state index is 14.7. The van der Waals surface area contributed by atoms with E-state index in [1.807, 2.05) is 6.92 Å². The zero-order chi connectivity index (χ0) is 26.1. The van der Waals surface area contributed by atoms with Gasteiger partial charge >= 0.3 is 6.11 Å². The largest absolute Gasteiger partial charge is 0.432 e. The monoisotopic (exact) mass is 499 g/mol. The fourth-order valence-electron chi connectivity index (χ4n) is 3.52. The van der Waals surface area contributed by atoms with E-state index < -0.39 is 74.6 Å². The molecule has 0 aliphatic rings. The minimum Gasteiger partial charge on any atom is -0.428 e. The summed E-state index contributed by atoms with van der Waals surface area (Å²) in [5, 5.41) is 8.74. The number of nitriles is 1. The summed E-state index contributed by atoms with van der Waals surface area (Å²) in [7, 11) is 0. The Bertz CT molecular complexity index is 1280. The molecule has 184 valence electrons. The molecule has 0 aromatic heterocycles. The SMILES string of the molecule is CCCCc1cc(F)c(-c2cc(F)c(C(F)(F)Oc3cc(F)c(C#N)c(F)c3C)c(F)c2)c(F)c1. The highest BCUT2D eigenvalue weighted by Crippen LogP contribution is 2.39. The van der Waals surface area contributed by atoms with Crippen LogP contribution >= 0.6 is 0 Å². The summed E-state index contributed by atoms with van der Waals surface area (Å²) >= 11 is 0. The van der Waals surface area contributed by atoms with Crippen LogP contribution in [0.2, 0.25) is 0 Å². The molecule has 35 heavy (non-hydrogen) atoms. The van der Waals surface area contributed by atoms with Gasteiger partial charge in [-0.25, -0.2) is 26.3 Å². The predicted molar refractivity (Wildman–Crippen MR) is 111 cm³/mol. The lowest BCUT2D eigenvalue weighted by Crippen LogP contribution is -2.26. The molecule has 0 spiro atoms. The summed E-state index contributed by atoms with van der Waals surface area (Å²) in [4.78, 5) is 0. The molecule has 2 nitrogen and oxygen atoms in total. The van der Waals surface area contributed by atoms with Crippen molar-refractivity contribution in [2.75, 3.05) is 0 Å². The van der Waals surface area contributed by atoms with Gasteiger partial charge < -0.3 is 4.74 Å². The van der Waals surface area contributed by atoms with Crippen LogP contribution in [0.15, 0.2) is 30.3 Å². The van der Waals surface area contributed by atoms with E-state index in [9.17, 15) is 35.1 Å². The molecule has 0 saturated heterocycles. The molecule has 0 amide bonds. The van der Waals surface area contributed by atoms with E-state index in [1.54, 1.807) is 0 Å². The van der Waals surface area contributed by atoms with Crippen LogP contribution in [0, 0.1) is 53.2 Å². The summed E-state index contributed by atoms with van der Waals surface area (Å²) in [5.74, 6) is -10.2. The highest BCUT2D eigenvalue weighted by atomic mass is 19.3. The second-order valence-corrected chi connectivity index (χ2v) is 7.75. The van der Waals surface area contributed by atoms with Gasteiger partial charge in [0, 0.05) is 11.6 Å². The fourth-order valence-corrected chi connectivity index (χ4v) is 3.52. The van der Waals surface area contributed by atoms with Gasteiger partial charge in [-0.1, -0.05) is 13.3 Å². The molecule has 0 radical (unpaired) electrons. The van der Waals surface area contributed by atoms with E-state index in [0.29, 0.717) is 30.5 Å². The second kappa shape index (κ2) is 9.94. The number of rotatable bonds is 7. The number of halogens is 8. The Hall–Kier alpha value is -3.61. The van der Waals surface area contributed by atoms with Crippen LogP contribution in [-0.2, 0) is 12.5 Å². The summed E-state index contributed by atoms with van der Waals surface area (Å²) in [6, 6.07) is 4.08. The molecular formula is C25H17F8NO. The van der Waals surface area contributed by atoms with E-state index in [0.717, 1.165) is 25.5 Å². The first-order valence-corrected chi connectivity index (χ1v) is 10.3. The van der Waals surface area contributed by atoms with Gasteiger partial charge in [0.15, 0.2) is 5.82 Å². The first-order valence-electron chi connectivity index (χ1n) is 10.3. The number of benzene rings is 3. The Kier molecular flexibility index (Phi) is 7.38. The third-order valence-electron chi connectivity index (χ3n) is 5.31. The molecule has 0 fully saturated rings. The number of hydrogen-bond donors (Lipinski definition) is 0. The third-order valence-corrected chi connectivity index (χ3v) is 5.31. The van der Waals surface area contributed by atoms with Gasteiger partial charge in [-0.2, -0.15) is 14.0 Å². The molecule has 3 aromatic carbocycles. The number of aryl methyl sites for hydroxylation is 1. The smallest absolute Gasteiger partial charge is 0.428 e. The van der Waals surface area contributed by atoms with Crippen molar-refractivity contribution in [2.45, 2.75) is 39.2 Å². The quantitative estimate of drug-likeness (QED) is 0.310. The van der Waals surface area contributed by atoms with Crippen molar-refractivity contribution < 1.29 is 39.9 Å². The van der Waals surface area contributed by atoms with Crippen LogP contribution in [-0.4, -0.2) is 0 Å². The normalized spacial score (nSPS) is 11.5. The van der Waals surface area contributed by atoms with E-state index >= 15 is 0 Å². The van der Waals surface area contributed by atoms with Crippen molar-refractivity contribution in [1.29, 1.82) is 5.26 Å². The highest BCUT2D eigenvalue weighted by Gasteiger charge is 2.42. The standard InChI is InChI=1S/C25H17F8NO/c1-3-4-5-13-6-17(27)22(18(28)7-13)14-8-19(29)23(20(30)9-14)25(32,33)35-21-10-16(26)15(11-34)24(31)12(21)2/h6-10H,3-5H2,1-2H3. The molecule has 0 saturated carbocycles. The Morgan fingerprint density at radius 3 is 1.94 bits per heavy atom. The molecule has 0 N–H and O–H groups in total. The molecule has 10 heteroatoms. The van der Waals surface area contributed by atoms with E-state index in [2.05, 4.69) is 4.74 Å². The van der Waals surface area contributed by atoms with Crippen LogP contribution in [0.4, 0.5) is 35.1 Å². The van der Waals surface area contributed by atoms with Gasteiger partial charge in [-0.15, -0.1) is 0 Å². The summed E-state index contributed by atoms with van der Waals surface area (Å²) in [6.07, 6.45) is -3.00. The molecule has 0 atom stereocenters. The van der Waals surface area contributed by atoms with Crippen molar-refractivity contribution in [1.82, 2.24) is 0 Å². The van der Waals surface area contributed by atoms with Crippen LogP contribution in [0.5, 0.6) is 5.75 Å². The van der Waals surface area contributed by atoms with Crippen LogP contribution in [0.1, 0.15) is 42.0 Å². The van der Waals surface area contributed by atoms with Gasteiger partial charge in [0.1, 0.15) is 52.0 Å². The van der Waals surface area contributed by atoms with E-state index in [4.69, 9.17) is 5.26 Å². The number of alkyl halides is 2. The van der Waals surface area contributed by atoms with Gasteiger partial charge in [-0.05, 0) is 55.2 Å². The average molecular weight is 499 g/mol.